The summed E-state index contributed by atoms with van der Waals surface area (Å²) in [5.74, 6) is 1.03. The normalized spacial score (nSPS) is 24.9. The predicted octanol–water partition coefficient (Wildman–Crippen LogP) is 3.97. The molecule has 2 heterocycles. The molecule has 2 aliphatic heterocycles. The number of guanidine groups is 1. The molecule has 6 nitrogen and oxygen atoms in total. The van der Waals surface area contributed by atoms with E-state index in [2.05, 4.69) is 17.1 Å². The Morgan fingerprint density at radius 2 is 1.69 bits per heavy atom. The molecule has 3 fully saturated rings. The van der Waals surface area contributed by atoms with E-state index in [1.54, 1.807) is 0 Å². The third-order valence-electron chi connectivity index (χ3n) is 6.13. The summed E-state index contributed by atoms with van der Waals surface area (Å²) < 4.78 is 17.9. The van der Waals surface area contributed by atoms with Gasteiger partial charge in [-0.1, -0.05) is 25.7 Å². The number of nitrogens with zero attached hydrogens (tertiary/aromatic N) is 2. The van der Waals surface area contributed by atoms with Gasteiger partial charge in [-0.3, -0.25) is 4.99 Å². The Kier molecular flexibility index (Phi) is 12.8. The van der Waals surface area contributed by atoms with Crippen molar-refractivity contribution in [3.63, 3.8) is 0 Å². The fraction of sp³-hybridized carbons (Fsp3) is 0.955. The predicted molar refractivity (Wildman–Crippen MR) is 128 cm³/mol. The first-order chi connectivity index (χ1) is 13.8. The van der Waals surface area contributed by atoms with Gasteiger partial charge < -0.3 is 24.4 Å². The Balaban J connectivity index is 0.00000300. The van der Waals surface area contributed by atoms with E-state index in [1.165, 1.54) is 44.9 Å². The van der Waals surface area contributed by atoms with Gasteiger partial charge in [0.15, 0.2) is 5.96 Å². The quantitative estimate of drug-likeness (QED) is 0.172. The summed E-state index contributed by atoms with van der Waals surface area (Å²) in [6.07, 6.45) is 13.4. The molecule has 0 spiro atoms. The van der Waals surface area contributed by atoms with Gasteiger partial charge >= 0.3 is 0 Å². The van der Waals surface area contributed by atoms with Gasteiger partial charge in [0.1, 0.15) is 0 Å². The number of hydrogen-bond donors (Lipinski definition) is 1. The van der Waals surface area contributed by atoms with E-state index in [0.29, 0.717) is 18.3 Å². The number of halogens is 1. The Morgan fingerprint density at radius 1 is 0.966 bits per heavy atom. The summed E-state index contributed by atoms with van der Waals surface area (Å²) >= 11 is 0. The van der Waals surface area contributed by atoms with Crippen molar-refractivity contribution < 1.29 is 14.2 Å². The molecule has 3 aliphatic rings. The number of piperidine rings is 1. The third kappa shape index (κ3) is 9.27. The molecule has 1 unspecified atom stereocenters. The maximum atomic E-state index is 6.10. The summed E-state index contributed by atoms with van der Waals surface area (Å²) in [4.78, 5) is 7.20. The molecular weight excluding hydrogens is 481 g/mol. The van der Waals surface area contributed by atoms with E-state index >= 15 is 0 Å². The number of nitrogens with one attached hydrogen (secondary N) is 1. The van der Waals surface area contributed by atoms with Crippen molar-refractivity contribution in [2.24, 2.45) is 4.99 Å². The van der Waals surface area contributed by atoms with Crippen LogP contribution in [-0.2, 0) is 14.2 Å². The minimum Gasteiger partial charge on any atom is -0.376 e. The lowest BCUT2D eigenvalue weighted by atomic mass is 10.1. The van der Waals surface area contributed by atoms with Gasteiger partial charge in [0.25, 0.3) is 0 Å². The van der Waals surface area contributed by atoms with Gasteiger partial charge in [0.2, 0.25) is 0 Å². The molecular formula is C22H42IN3O3. The smallest absolute Gasteiger partial charge is 0.193 e. The highest BCUT2D eigenvalue weighted by molar-refractivity contribution is 14.0. The zero-order chi connectivity index (χ0) is 19.4. The topological polar surface area (TPSA) is 55.3 Å². The highest BCUT2D eigenvalue weighted by Gasteiger charge is 2.24. The second kappa shape index (κ2) is 14.8. The van der Waals surface area contributed by atoms with Crippen molar-refractivity contribution >= 4 is 29.9 Å². The Morgan fingerprint density at radius 3 is 2.34 bits per heavy atom. The van der Waals surface area contributed by atoms with E-state index in [-0.39, 0.29) is 24.0 Å². The first-order valence-electron chi connectivity index (χ1n) is 11.7. The van der Waals surface area contributed by atoms with Crippen LogP contribution in [0, 0.1) is 0 Å². The lowest BCUT2D eigenvalue weighted by Gasteiger charge is -2.34. The van der Waals surface area contributed by atoms with Crippen LogP contribution in [0.15, 0.2) is 4.99 Å². The molecule has 0 aromatic heterocycles. The van der Waals surface area contributed by atoms with E-state index in [1.807, 2.05) is 0 Å². The molecule has 0 aromatic rings. The summed E-state index contributed by atoms with van der Waals surface area (Å²) in [5, 5.41) is 3.45. The average molecular weight is 524 g/mol. The van der Waals surface area contributed by atoms with Crippen LogP contribution in [0.1, 0.15) is 71.1 Å². The summed E-state index contributed by atoms with van der Waals surface area (Å²) in [6, 6.07) is 0. The van der Waals surface area contributed by atoms with Gasteiger partial charge in [0.05, 0.1) is 38.1 Å². The molecule has 3 rings (SSSR count). The number of rotatable bonds is 8. The van der Waals surface area contributed by atoms with Crippen LogP contribution in [0.3, 0.4) is 0 Å². The third-order valence-corrected chi connectivity index (χ3v) is 6.13. The van der Waals surface area contributed by atoms with Gasteiger partial charge in [-0.2, -0.15) is 0 Å². The fourth-order valence-electron chi connectivity index (χ4n) is 4.46. The number of aliphatic imine (C=N–C) groups is 1. The van der Waals surface area contributed by atoms with Crippen molar-refractivity contribution in [1.82, 2.24) is 10.2 Å². The Labute approximate surface area is 194 Å². The molecule has 1 saturated carbocycles. The molecule has 29 heavy (non-hydrogen) atoms. The fourth-order valence-corrected chi connectivity index (χ4v) is 4.46. The van der Waals surface area contributed by atoms with Crippen LogP contribution < -0.4 is 5.32 Å². The number of likely N-dealkylation sites (tertiary alicyclic amines) is 1. The first kappa shape index (κ1) is 25.1. The second-order valence-corrected chi connectivity index (χ2v) is 8.37. The monoisotopic (exact) mass is 523 g/mol. The molecule has 0 bridgehead atoms. The van der Waals surface area contributed by atoms with Gasteiger partial charge in [0, 0.05) is 26.2 Å². The zero-order valence-corrected chi connectivity index (χ0v) is 20.6. The number of hydrogen-bond acceptors (Lipinski definition) is 4. The van der Waals surface area contributed by atoms with Crippen LogP contribution in [-0.4, -0.2) is 75.2 Å². The Hall–Kier alpha value is -0.120. The summed E-state index contributed by atoms with van der Waals surface area (Å²) in [6.45, 7) is 8.19. The van der Waals surface area contributed by atoms with Crippen LogP contribution in [0.2, 0.25) is 0 Å². The van der Waals surface area contributed by atoms with Crippen molar-refractivity contribution in [3.05, 3.63) is 0 Å². The van der Waals surface area contributed by atoms with Crippen molar-refractivity contribution in [3.8, 4) is 0 Å². The van der Waals surface area contributed by atoms with E-state index in [0.717, 1.165) is 71.2 Å². The van der Waals surface area contributed by atoms with Crippen molar-refractivity contribution in [1.29, 1.82) is 0 Å². The highest BCUT2D eigenvalue weighted by atomic mass is 127. The van der Waals surface area contributed by atoms with Crippen molar-refractivity contribution in [2.75, 3.05) is 46.0 Å². The maximum absolute atomic E-state index is 6.10. The van der Waals surface area contributed by atoms with Crippen LogP contribution in [0.4, 0.5) is 0 Å². The van der Waals surface area contributed by atoms with E-state index < -0.39 is 0 Å². The van der Waals surface area contributed by atoms with E-state index in [9.17, 15) is 0 Å². The average Bonchev–Trinajstić information content (AvgIpc) is 3.11. The van der Waals surface area contributed by atoms with Crippen molar-refractivity contribution in [2.45, 2.75) is 89.4 Å². The molecule has 1 atom stereocenters. The second-order valence-electron chi connectivity index (χ2n) is 8.37. The van der Waals surface area contributed by atoms with Gasteiger partial charge in [-0.15, -0.1) is 24.0 Å². The molecule has 1 aliphatic carbocycles. The van der Waals surface area contributed by atoms with Crippen LogP contribution >= 0.6 is 24.0 Å². The first-order valence-corrected chi connectivity index (χ1v) is 11.7. The number of ether oxygens (including phenoxy) is 3. The van der Waals surface area contributed by atoms with E-state index in [4.69, 9.17) is 19.2 Å². The minimum atomic E-state index is 0. The SMILES string of the molecule is CCNC(=NCCOC1CCCCCC1)N1CCC(OCC2CCCO2)CC1.I. The lowest BCUT2D eigenvalue weighted by molar-refractivity contribution is -0.0367. The molecule has 0 radical (unpaired) electrons. The molecule has 2 saturated heterocycles. The van der Waals surface area contributed by atoms with Gasteiger partial charge in [-0.25, -0.2) is 0 Å². The lowest BCUT2D eigenvalue weighted by Crippen LogP contribution is -2.47. The molecule has 1 N–H and O–H groups in total. The molecule has 170 valence electrons. The maximum Gasteiger partial charge on any atom is 0.193 e. The minimum absolute atomic E-state index is 0. The zero-order valence-electron chi connectivity index (χ0n) is 18.3. The Bertz CT molecular complexity index is 445. The van der Waals surface area contributed by atoms with Crippen LogP contribution in [0.25, 0.3) is 0 Å². The summed E-state index contributed by atoms with van der Waals surface area (Å²) in [5.41, 5.74) is 0. The molecule has 7 heteroatoms. The molecule has 0 amide bonds. The van der Waals surface area contributed by atoms with Crippen LogP contribution in [0.5, 0.6) is 0 Å². The highest BCUT2D eigenvalue weighted by Crippen LogP contribution is 2.20. The van der Waals surface area contributed by atoms with Gasteiger partial charge in [-0.05, 0) is 45.4 Å². The standard InChI is InChI=1S/C22H41N3O3.HI/c1-2-23-22(24-13-17-27-19-8-5-3-4-6-9-19)25-14-11-20(12-15-25)28-18-21-10-7-16-26-21;/h19-21H,2-18H2,1H3,(H,23,24);1H. The summed E-state index contributed by atoms with van der Waals surface area (Å²) in [7, 11) is 0. The molecule has 0 aromatic carbocycles. The largest absolute Gasteiger partial charge is 0.376 e.